The van der Waals surface area contributed by atoms with Crippen molar-refractivity contribution < 1.29 is 13.7 Å². The highest BCUT2D eigenvalue weighted by Gasteiger charge is 2.25. The van der Waals surface area contributed by atoms with E-state index in [9.17, 15) is 9.00 Å². The van der Waals surface area contributed by atoms with Gasteiger partial charge in [-0.3, -0.25) is 9.00 Å². The maximum absolute atomic E-state index is 12.1. The summed E-state index contributed by atoms with van der Waals surface area (Å²) in [6.45, 7) is 7.78. The van der Waals surface area contributed by atoms with Gasteiger partial charge in [-0.2, -0.15) is 0 Å². The highest BCUT2D eigenvalue weighted by atomic mass is 32.2. The highest BCUT2D eigenvalue weighted by Crippen LogP contribution is 2.27. The van der Waals surface area contributed by atoms with Crippen LogP contribution in [0.3, 0.4) is 0 Å². The van der Waals surface area contributed by atoms with Crippen molar-refractivity contribution in [3.63, 3.8) is 0 Å². The van der Waals surface area contributed by atoms with Crippen LogP contribution in [0.4, 0.5) is 0 Å². The molecule has 4 heteroatoms. The van der Waals surface area contributed by atoms with E-state index >= 15 is 0 Å². The second-order valence-corrected chi connectivity index (χ2v) is 8.15. The Morgan fingerprint density at radius 3 is 2.56 bits per heavy atom. The predicted molar refractivity (Wildman–Crippen MR) is 74.9 cm³/mol. The van der Waals surface area contributed by atoms with Gasteiger partial charge in [0.2, 0.25) is 0 Å². The maximum Gasteiger partial charge on any atom is 0.307 e. The molecule has 0 bridgehead atoms. The summed E-state index contributed by atoms with van der Waals surface area (Å²) in [5.41, 5.74) is -0.447. The molecular formula is C14H26O3S. The van der Waals surface area contributed by atoms with Gasteiger partial charge in [0.15, 0.2) is 0 Å². The number of rotatable bonds is 4. The van der Waals surface area contributed by atoms with E-state index in [2.05, 4.69) is 6.92 Å². The lowest BCUT2D eigenvalue weighted by atomic mass is 9.91. The van der Waals surface area contributed by atoms with Crippen LogP contribution in [0.25, 0.3) is 0 Å². The first-order chi connectivity index (χ1) is 8.28. The molecule has 0 aromatic carbocycles. The zero-order chi connectivity index (χ0) is 13.8. The van der Waals surface area contributed by atoms with Gasteiger partial charge in [0, 0.05) is 21.8 Å². The van der Waals surface area contributed by atoms with Crippen LogP contribution < -0.4 is 0 Å². The summed E-state index contributed by atoms with van der Waals surface area (Å²) in [5, 5.41) is 0.288. The van der Waals surface area contributed by atoms with E-state index < -0.39 is 16.4 Å². The molecule has 1 rings (SSSR count). The normalized spacial score (nSPS) is 26.7. The van der Waals surface area contributed by atoms with E-state index in [0.717, 1.165) is 12.8 Å². The van der Waals surface area contributed by atoms with Crippen LogP contribution in [0.15, 0.2) is 0 Å². The Morgan fingerprint density at radius 1 is 1.33 bits per heavy atom. The van der Waals surface area contributed by atoms with Gasteiger partial charge in [-0.05, 0) is 39.5 Å². The Labute approximate surface area is 113 Å². The Kier molecular flexibility index (Phi) is 5.83. The van der Waals surface area contributed by atoms with Crippen molar-refractivity contribution in [1.29, 1.82) is 0 Å². The molecule has 1 aliphatic carbocycles. The SMILES string of the molecule is CC1CCCC(S(=O)CCC(=O)OC(C)(C)C)C1. The van der Waals surface area contributed by atoms with Crippen LogP contribution in [0.2, 0.25) is 0 Å². The van der Waals surface area contributed by atoms with Gasteiger partial charge in [0.1, 0.15) is 5.60 Å². The molecule has 1 saturated carbocycles. The Hall–Kier alpha value is -0.380. The molecular weight excluding hydrogens is 248 g/mol. The van der Waals surface area contributed by atoms with Crippen LogP contribution in [0, 0.1) is 5.92 Å². The molecule has 0 heterocycles. The first kappa shape index (κ1) is 15.7. The molecule has 3 atom stereocenters. The molecule has 0 amide bonds. The summed E-state index contributed by atoms with van der Waals surface area (Å²) in [6.07, 6.45) is 4.78. The molecule has 0 saturated heterocycles. The minimum atomic E-state index is -0.877. The van der Waals surface area contributed by atoms with Crippen molar-refractivity contribution in [1.82, 2.24) is 0 Å². The van der Waals surface area contributed by atoms with Crippen LogP contribution in [-0.4, -0.2) is 26.8 Å². The molecule has 0 spiro atoms. The van der Waals surface area contributed by atoms with Crippen LogP contribution in [-0.2, 0) is 20.3 Å². The lowest BCUT2D eigenvalue weighted by Gasteiger charge is -2.26. The summed E-state index contributed by atoms with van der Waals surface area (Å²) in [6, 6.07) is 0. The third kappa shape index (κ3) is 5.98. The molecule has 1 aliphatic rings. The number of ether oxygens (including phenoxy) is 1. The molecule has 0 aromatic rings. The van der Waals surface area contributed by atoms with Gasteiger partial charge >= 0.3 is 5.97 Å². The quantitative estimate of drug-likeness (QED) is 0.740. The summed E-state index contributed by atoms with van der Waals surface area (Å²) in [7, 11) is -0.877. The van der Waals surface area contributed by atoms with E-state index in [-0.39, 0.29) is 17.6 Å². The number of esters is 1. The monoisotopic (exact) mass is 274 g/mol. The predicted octanol–water partition coefficient (Wildman–Crippen LogP) is 3.05. The zero-order valence-electron chi connectivity index (χ0n) is 12.0. The zero-order valence-corrected chi connectivity index (χ0v) is 12.8. The molecule has 0 aliphatic heterocycles. The molecule has 0 aromatic heterocycles. The molecule has 106 valence electrons. The van der Waals surface area contributed by atoms with Crippen molar-refractivity contribution in [2.75, 3.05) is 5.75 Å². The Balaban J connectivity index is 2.30. The summed E-state index contributed by atoms with van der Waals surface area (Å²) in [5.74, 6) is 0.890. The maximum atomic E-state index is 12.1. The number of carbonyl (C=O) groups excluding carboxylic acids is 1. The fraction of sp³-hybridized carbons (Fsp3) is 0.929. The molecule has 1 fully saturated rings. The average Bonchev–Trinajstić information content (AvgIpc) is 2.23. The first-order valence-corrected chi connectivity index (χ1v) is 8.25. The first-order valence-electron chi connectivity index (χ1n) is 6.87. The van der Waals surface area contributed by atoms with E-state index in [1.54, 1.807) is 0 Å². The van der Waals surface area contributed by atoms with E-state index in [1.165, 1.54) is 12.8 Å². The molecule has 18 heavy (non-hydrogen) atoms. The summed E-state index contributed by atoms with van der Waals surface area (Å²) in [4.78, 5) is 11.6. The second kappa shape index (κ2) is 6.69. The molecule has 0 N–H and O–H groups in total. The fourth-order valence-corrected chi connectivity index (χ4v) is 4.03. The van der Waals surface area contributed by atoms with Crippen LogP contribution in [0.1, 0.15) is 59.8 Å². The van der Waals surface area contributed by atoms with E-state index in [1.807, 2.05) is 20.8 Å². The minimum Gasteiger partial charge on any atom is -0.460 e. The second-order valence-electron chi connectivity index (χ2n) is 6.32. The van der Waals surface area contributed by atoms with Crippen molar-refractivity contribution >= 4 is 16.8 Å². The highest BCUT2D eigenvalue weighted by molar-refractivity contribution is 7.85. The molecule has 3 nitrogen and oxygen atoms in total. The molecule has 0 radical (unpaired) electrons. The smallest absolute Gasteiger partial charge is 0.307 e. The standard InChI is InChI=1S/C14H26O3S/c1-11-6-5-7-12(10-11)18(16)9-8-13(15)17-14(2,3)4/h11-12H,5-10H2,1-4H3. The lowest BCUT2D eigenvalue weighted by molar-refractivity contribution is -0.154. The third-order valence-corrected chi connectivity index (χ3v) is 4.97. The number of hydrogen-bond donors (Lipinski definition) is 0. The van der Waals surface area contributed by atoms with Crippen LogP contribution >= 0.6 is 0 Å². The van der Waals surface area contributed by atoms with Gasteiger partial charge in [-0.15, -0.1) is 0 Å². The summed E-state index contributed by atoms with van der Waals surface area (Å²) >= 11 is 0. The Morgan fingerprint density at radius 2 is 2.00 bits per heavy atom. The largest absolute Gasteiger partial charge is 0.460 e. The third-order valence-electron chi connectivity index (χ3n) is 3.19. The van der Waals surface area contributed by atoms with Crippen molar-refractivity contribution in [3.8, 4) is 0 Å². The van der Waals surface area contributed by atoms with E-state index in [0.29, 0.717) is 11.7 Å². The van der Waals surface area contributed by atoms with Crippen molar-refractivity contribution in [2.24, 2.45) is 5.92 Å². The minimum absolute atomic E-state index is 0.236. The van der Waals surface area contributed by atoms with Crippen LogP contribution in [0.5, 0.6) is 0 Å². The van der Waals surface area contributed by atoms with Gasteiger partial charge < -0.3 is 4.74 Å². The van der Waals surface area contributed by atoms with Gasteiger partial charge in [0.25, 0.3) is 0 Å². The van der Waals surface area contributed by atoms with Crippen molar-refractivity contribution in [2.45, 2.75) is 70.7 Å². The number of hydrogen-bond acceptors (Lipinski definition) is 3. The van der Waals surface area contributed by atoms with Gasteiger partial charge in [0.05, 0.1) is 6.42 Å². The Bertz CT molecular complexity index is 307. The topological polar surface area (TPSA) is 43.4 Å². The fourth-order valence-electron chi connectivity index (χ4n) is 2.36. The van der Waals surface area contributed by atoms with E-state index in [4.69, 9.17) is 4.74 Å². The van der Waals surface area contributed by atoms with Crippen molar-refractivity contribution in [3.05, 3.63) is 0 Å². The van der Waals surface area contributed by atoms with Gasteiger partial charge in [-0.25, -0.2) is 0 Å². The summed E-state index contributed by atoms with van der Waals surface area (Å²) < 4.78 is 17.3. The number of carbonyl (C=O) groups is 1. The average molecular weight is 274 g/mol. The molecule has 3 unspecified atom stereocenters. The lowest BCUT2D eigenvalue weighted by Crippen LogP contribution is -2.28. The van der Waals surface area contributed by atoms with Gasteiger partial charge in [-0.1, -0.05) is 19.8 Å².